The van der Waals surface area contributed by atoms with Gasteiger partial charge in [-0.1, -0.05) is 32.0 Å². The number of esters is 1. The molecule has 0 saturated carbocycles. The quantitative estimate of drug-likeness (QED) is 0.696. The SMILES string of the molecule is COC(=O)[C@@H](Cc1ccccc1F)NC(=O)[C@H](CC(C)C)NC(C)=O. The van der Waals surface area contributed by atoms with Crippen molar-refractivity contribution < 1.29 is 23.5 Å². The van der Waals surface area contributed by atoms with Gasteiger partial charge in [0.15, 0.2) is 0 Å². The number of nitrogens with one attached hydrogen (secondary N) is 2. The van der Waals surface area contributed by atoms with Gasteiger partial charge in [-0.3, -0.25) is 9.59 Å². The van der Waals surface area contributed by atoms with Crippen LogP contribution in [0.15, 0.2) is 24.3 Å². The lowest BCUT2D eigenvalue weighted by molar-refractivity contribution is -0.145. The molecule has 0 aliphatic carbocycles. The van der Waals surface area contributed by atoms with E-state index in [1.807, 2.05) is 13.8 Å². The molecule has 1 aromatic rings. The molecule has 0 aromatic heterocycles. The van der Waals surface area contributed by atoms with Crippen molar-refractivity contribution in [2.24, 2.45) is 5.92 Å². The first-order valence-electron chi connectivity index (χ1n) is 8.13. The minimum absolute atomic E-state index is 0.0421. The largest absolute Gasteiger partial charge is 0.467 e. The van der Waals surface area contributed by atoms with E-state index >= 15 is 0 Å². The molecule has 25 heavy (non-hydrogen) atoms. The van der Waals surface area contributed by atoms with Crippen LogP contribution in [-0.4, -0.2) is 37.0 Å². The van der Waals surface area contributed by atoms with Gasteiger partial charge >= 0.3 is 5.97 Å². The molecule has 0 fully saturated rings. The molecular formula is C18H25FN2O4. The lowest BCUT2D eigenvalue weighted by Crippen LogP contribution is -2.52. The lowest BCUT2D eigenvalue weighted by atomic mass is 10.0. The zero-order chi connectivity index (χ0) is 19.0. The van der Waals surface area contributed by atoms with E-state index in [0.717, 1.165) is 0 Å². The second kappa shape index (κ2) is 9.76. The number of carbonyl (C=O) groups is 3. The van der Waals surface area contributed by atoms with E-state index in [1.54, 1.807) is 12.1 Å². The number of hydrogen-bond donors (Lipinski definition) is 2. The molecule has 1 aromatic carbocycles. The molecule has 0 spiro atoms. The molecule has 2 N–H and O–H groups in total. The Morgan fingerprint density at radius 2 is 1.76 bits per heavy atom. The Morgan fingerprint density at radius 1 is 1.12 bits per heavy atom. The van der Waals surface area contributed by atoms with Crippen LogP contribution in [0.3, 0.4) is 0 Å². The summed E-state index contributed by atoms with van der Waals surface area (Å²) in [5.74, 6) is -1.83. The summed E-state index contributed by atoms with van der Waals surface area (Å²) in [6.45, 7) is 5.15. The van der Waals surface area contributed by atoms with Crippen LogP contribution in [0.4, 0.5) is 4.39 Å². The Morgan fingerprint density at radius 3 is 2.28 bits per heavy atom. The average molecular weight is 352 g/mol. The van der Waals surface area contributed by atoms with Gasteiger partial charge in [0.2, 0.25) is 11.8 Å². The summed E-state index contributed by atoms with van der Waals surface area (Å²) in [5.41, 5.74) is 0.290. The van der Waals surface area contributed by atoms with Crippen LogP contribution >= 0.6 is 0 Å². The third-order valence-corrected chi connectivity index (χ3v) is 3.59. The summed E-state index contributed by atoms with van der Waals surface area (Å²) in [6, 6.07) is 4.19. The first-order chi connectivity index (χ1) is 11.7. The molecule has 6 nitrogen and oxygen atoms in total. The third kappa shape index (κ3) is 6.91. The van der Waals surface area contributed by atoms with Crippen LogP contribution in [0.25, 0.3) is 0 Å². The van der Waals surface area contributed by atoms with E-state index in [4.69, 9.17) is 4.74 Å². The Balaban J connectivity index is 2.92. The fourth-order valence-electron chi connectivity index (χ4n) is 2.44. The number of rotatable bonds is 8. The van der Waals surface area contributed by atoms with Crippen molar-refractivity contribution in [3.05, 3.63) is 35.6 Å². The maximum atomic E-state index is 13.8. The fraction of sp³-hybridized carbons (Fsp3) is 0.500. The van der Waals surface area contributed by atoms with E-state index in [0.29, 0.717) is 6.42 Å². The zero-order valence-corrected chi connectivity index (χ0v) is 15.0. The molecule has 0 heterocycles. The van der Waals surface area contributed by atoms with E-state index in [1.165, 1.54) is 26.2 Å². The van der Waals surface area contributed by atoms with Crippen LogP contribution in [0.2, 0.25) is 0 Å². The Bertz CT molecular complexity index is 619. The second-order valence-electron chi connectivity index (χ2n) is 6.26. The standard InChI is InChI=1S/C18H25FN2O4/c1-11(2)9-15(20-12(3)22)17(23)21-16(18(24)25-4)10-13-7-5-6-8-14(13)19/h5-8,11,15-16H,9-10H2,1-4H3,(H,20,22)(H,21,23)/t15-,16+/m0/s1. The van der Waals surface area contributed by atoms with Gasteiger partial charge < -0.3 is 15.4 Å². The molecule has 0 saturated heterocycles. The van der Waals surface area contributed by atoms with Gasteiger partial charge in [0, 0.05) is 13.3 Å². The molecule has 0 aliphatic heterocycles. The van der Waals surface area contributed by atoms with Crippen LogP contribution in [0.5, 0.6) is 0 Å². The minimum Gasteiger partial charge on any atom is -0.467 e. The van der Waals surface area contributed by atoms with Crippen LogP contribution in [0.1, 0.15) is 32.8 Å². The molecule has 0 unspecified atom stereocenters. The summed E-state index contributed by atoms with van der Waals surface area (Å²) in [5, 5.41) is 5.13. The summed E-state index contributed by atoms with van der Waals surface area (Å²) < 4.78 is 18.5. The van der Waals surface area contributed by atoms with E-state index in [2.05, 4.69) is 10.6 Å². The zero-order valence-electron chi connectivity index (χ0n) is 15.0. The number of benzene rings is 1. The molecule has 0 radical (unpaired) electrons. The Labute approximate surface area is 147 Å². The molecular weight excluding hydrogens is 327 g/mol. The first-order valence-corrected chi connectivity index (χ1v) is 8.13. The Kier molecular flexibility index (Phi) is 8.04. The van der Waals surface area contributed by atoms with E-state index in [9.17, 15) is 18.8 Å². The minimum atomic E-state index is -1.04. The highest BCUT2D eigenvalue weighted by molar-refractivity contribution is 5.90. The van der Waals surface area contributed by atoms with Gasteiger partial charge in [-0.2, -0.15) is 0 Å². The van der Waals surface area contributed by atoms with Gasteiger partial charge in [-0.05, 0) is 24.0 Å². The van der Waals surface area contributed by atoms with Gasteiger partial charge in [-0.25, -0.2) is 9.18 Å². The predicted molar refractivity (Wildman–Crippen MR) is 91.1 cm³/mol. The molecule has 0 bridgehead atoms. The summed E-state index contributed by atoms with van der Waals surface area (Å²) >= 11 is 0. The summed E-state index contributed by atoms with van der Waals surface area (Å²) in [7, 11) is 1.20. The van der Waals surface area contributed by atoms with Crippen molar-refractivity contribution in [2.45, 2.75) is 45.7 Å². The Hall–Kier alpha value is -2.44. The van der Waals surface area contributed by atoms with E-state index in [-0.39, 0.29) is 23.8 Å². The topological polar surface area (TPSA) is 84.5 Å². The molecule has 7 heteroatoms. The summed E-state index contributed by atoms with van der Waals surface area (Å²) in [6.07, 6.45) is 0.374. The smallest absolute Gasteiger partial charge is 0.328 e. The lowest BCUT2D eigenvalue weighted by Gasteiger charge is -2.23. The number of halogens is 1. The number of hydrogen-bond acceptors (Lipinski definition) is 4. The highest BCUT2D eigenvalue weighted by Crippen LogP contribution is 2.11. The number of carbonyl (C=O) groups excluding carboxylic acids is 3. The average Bonchev–Trinajstić information content (AvgIpc) is 2.53. The highest BCUT2D eigenvalue weighted by atomic mass is 19.1. The number of methoxy groups -OCH3 is 1. The maximum Gasteiger partial charge on any atom is 0.328 e. The highest BCUT2D eigenvalue weighted by Gasteiger charge is 2.28. The van der Waals surface area contributed by atoms with Crippen molar-refractivity contribution in [3.8, 4) is 0 Å². The normalized spacial score (nSPS) is 13.0. The van der Waals surface area contributed by atoms with Gasteiger partial charge in [0.05, 0.1) is 7.11 Å². The second-order valence-corrected chi connectivity index (χ2v) is 6.26. The van der Waals surface area contributed by atoms with Crippen molar-refractivity contribution in [3.63, 3.8) is 0 Å². The number of amides is 2. The van der Waals surface area contributed by atoms with Crippen molar-refractivity contribution in [1.29, 1.82) is 0 Å². The number of ether oxygens (including phenoxy) is 1. The van der Waals surface area contributed by atoms with Crippen LogP contribution < -0.4 is 10.6 Å². The van der Waals surface area contributed by atoms with Crippen molar-refractivity contribution in [2.75, 3.05) is 7.11 Å². The molecule has 2 atom stereocenters. The molecule has 2 amide bonds. The van der Waals surface area contributed by atoms with Crippen molar-refractivity contribution in [1.82, 2.24) is 10.6 Å². The predicted octanol–water partition coefficient (Wildman–Crippen LogP) is 1.58. The van der Waals surface area contributed by atoms with Crippen molar-refractivity contribution >= 4 is 17.8 Å². The maximum absolute atomic E-state index is 13.8. The molecule has 1 rings (SSSR count). The molecule has 138 valence electrons. The van der Waals surface area contributed by atoms with Crippen LogP contribution in [0, 0.1) is 11.7 Å². The first kappa shape index (κ1) is 20.6. The van der Waals surface area contributed by atoms with Crippen LogP contribution in [-0.2, 0) is 25.5 Å². The third-order valence-electron chi connectivity index (χ3n) is 3.59. The summed E-state index contributed by atoms with van der Waals surface area (Å²) in [4.78, 5) is 35.8. The van der Waals surface area contributed by atoms with Gasteiger partial charge in [-0.15, -0.1) is 0 Å². The van der Waals surface area contributed by atoms with Gasteiger partial charge in [0.1, 0.15) is 17.9 Å². The van der Waals surface area contributed by atoms with E-state index < -0.39 is 29.8 Å². The fourth-order valence-corrected chi connectivity index (χ4v) is 2.44. The monoisotopic (exact) mass is 352 g/mol. The van der Waals surface area contributed by atoms with Gasteiger partial charge in [0.25, 0.3) is 0 Å². The molecule has 0 aliphatic rings.